The van der Waals surface area contributed by atoms with Crippen LogP contribution in [0.1, 0.15) is 98.4 Å². The summed E-state index contributed by atoms with van der Waals surface area (Å²) in [4.78, 5) is 34.2. The number of rotatable bonds is 3. The van der Waals surface area contributed by atoms with E-state index in [9.17, 15) is 9.59 Å². The Kier molecular flexibility index (Phi) is 6.47. The Labute approximate surface area is 219 Å². The van der Waals surface area contributed by atoms with Crippen molar-refractivity contribution in [3.63, 3.8) is 0 Å². The fraction of sp³-hybridized carbons (Fsp3) is 0.621. The fourth-order valence-corrected chi connectivity index (χ4v) is 6.69. The highest BCUT2D eigenvalue weighted by Gasteiger charge is 2.48. The second-order valence-corrected chi connectivity index (χ2v) is 11.8. The van der Waals surface area contributed by atoms with Gasteiger partial charge in [-0.2, -0.15) is 0 Å². The van der Waals surface area contributed by atoms with Gasteiger partial charge in [0.15, 0.2) is 0 Å². The lowest BCUT2D eigenvalue weighted by Crippen LogP contribution is -2.55. The minimum atomic E-state index is -0.638. The molecule has 8 heteroatoms. The summed E-state index contributed by atoms with van der Waals surface area (Å²) in [6, 6.07) is 8.35. The van der Waals surface area contributed by atoms with Crippen LogP contribution in [0.4, 0.5) is 0 Å². The predicted molar refractivity (Wildman–Crippen MR) is 143 cm³/mol. The Bertz CT molecular complexity index is 1120. The van der Waals surface area contributed by atoms with E-state index in [1.165, 1.54) is 62.8 Å². The van der Waals surface area contributed by atoms with Crippen molar-refractivity contribution in [2.24, 2.45) is 5.73 Å². The minimum absolute atomic E-state index is 0.0359. The van der Waals surface area contributed by atoms with E-state index in [0.717, 1.165) is 19.3 Å². The van der Waals surface area contributed by atoms with Crippen LogP contribution in [0.5, 0.6) is 0 Å². The van der Waals surface area contributed by atoms with E-state index in [1.54, 1.807) is 0 Å². The first-order chi connectivity index (χ1) is 18.0. The summed E-state index contributed by atoms with van der Waals surface area (Å²) in [7, 11) is 0. The third-order valence-corrected chi connectivity index (χ3v) is 9.19. The number of nitrogens with zero attached hydrogens (tertiary/aromatic N) is 4. The lowest BCUT2D eigenvalue weighted by Gasteiger charge is -2.42. The van der Waals surface area contributed by atoms with Crippen LogP contribution in [0, 0.1) is 0 Å². The van der Waals surface area contributed by atoms with Crippen LogP contribution in [0.2, 0.25) is 0 Å². The van der Waals surface area contributed by atoms with Crippen LogP contribution in [-0.2, 0) is 10.2 Å². The first-order valence-electron chi connectivity index (χ1n) is 14.3. The average molecular weight is 505 g/mol. The average Bonchev–Trinajstić information content (AvgIpc) is 3.46. The number of hydrogen-bond acceptors (Lipinski definition) is 5. The standard InChI is InChI=1S/C29H40N6O2/c30-29(13-14-29)27(37)34-19-17-33(18-20-34)25(36)23-9-7-22(8-10-23)24-21-28(26-31-15-16-35(26)32-24)11-5-3-1-2-4-6-12-28/h7-10,15-16,24,32H,1-6,11-14,17-21,30H2. The summed E-state index contributed by atoms with van der Waals surface area (Å²) < 4.78 is 2.15. The summed E-state index contributed by atoms with van der Waals surface area (Å²) in [6.45, 7) is 2.23. The molecule has 1 atom stereocenters. The number of fused-ring (bicyclic) bond motifs is 2. The molecule has 0 bridgehead atoms. The van der Waals surface area contributed by atoms with Crippen molar-refractivity contribution in [3.8, 4) is 0 Å². The monoisotopic (exact) mass is 504 g/mol. The van der Waals surface area contributed by atoms with Gasteiger partial charge in [0, 0.05) is 49.6 Å². The summed E-state index contributed by atoms with van der Waals surface area (Å²) in [6.07, 6.45) is 16.8. The quantitative estimate of drug-likeness (QED) is 0.664. The highest BCUT2D eigenvalue weighted by Crippen LogP contribution is 2.45. The molecule has 2 saturated carbocycles. The van der Waals surface area contributed by atoms with Crippen molar-refractivity contribution in [2.75, 3.05) is 31.6 Å². The fourth-order valence-electron chi connectivity index (χ4n) is 6.69. The summed E-state index contributed by atoms with van der Waals surface area (Å²) >= 11 is 0. The zero-order chi connectivity index (χ0) is 25.5. The number of nitrogens with two attached hydrogens (primary N) is 1. The first-order valence-corrected chi connectivity index (χ1v) is 14.3. The molecular formula is C29H40N6O2. The van der Waals surface area contributed by atoms with Crippen LogP contribution < -0.4 is 11.2 Å². The van der Waals surface area contributed by atoms with Crippen molar-refractivity contribution >= 4 is 11.8 Å². The highest BCUT2D eigenvalue weighted by molar-refractivity contribution is 5.94. The van der Waals surface area contributed by atoms with Gasteiger partial charge in [-0.15, -0.1) is 0 Å². The predicted octanol–water partition coefficient (Wildman–Crippen LogP) is 3.72. The topological polar surface area (TPSA) is 96.5 Å². The van der Waals surface area contributed by atoms with Gasteiger partial charge in [0.05, 0.1) is 11.6 Å². The molecule has 1 saturated heterocycles. The maximum atomic E-state index is 13.2. The van der Waals surface area contributed by atoms with Gasteiger partial charge >= 0.3 is 0 Å². The third kappa shape index (κ3) is 4.76. The molecule has 0 radical (unpaired) electrons. The van der Waals surface area contributed by atoms with Crippen molar-refractivity contribution in [2.45, 2.75) is 87.6 Å². The Balaban J connectivity index is 1.13. The number of carbonyl (C=O) groups excluding carboxylic acids is 2. The molecule has 1 unspecified atom stereocenters. The van der Waals surface area contributed by atoms with Crippen molar-refractivity contribution in [3.05, 3.63) is 53.6 Å². The number of nitrogens with one attached hydrogen (secondary N) is 1. The lowest BCUT2D eigenvalue weighted by molar-refractivity contribution is -0.135. The second kappa shape index (κ2) is 9.78. The van der Waals surface area contributed by atoms with Crippen molar-refractivity contribution < 1.29 is 9.59 Å². The van der Waals surface area contributed by atoms with Gasteiger partial charge in [0.25, 0.3) is 5.91 Å². The van der Waals surface area contributed by atoms with E-state index in [4.69, 9.17) is 10.7 Å². The molecule has 6 rings (SSSR count). The molecule has 8 nitrogen and oxygen atoms in total. The zero-order valence-electron chi connectivity index (χ0n) is 21.8. The van der Waals surface area contributed by atoms with Gasteiger partial charge in [0.2, 0.25) is 5.91 Å². The maximum absolute atomic E-state index is 13.2. The van der Waals surface area contributed by atoms with Gasteiger partial charge in [-0.05, 0) is 49.8 Å². The molecule has 2 aliphatic heterocycles. The van der Waals surface area contributed by atoms with Crippen molar-refractivity contribution in [1.29, 1.82) is 0 Å². The van der Waals surface area contributed by atoms with E-state index in [2.05, 4.69) is 22.2 Å². The molecule has 1 spiro atoms. The van der Waals surface area contributed by atoms with Gasteiger partial charge < -0.3 is 21.0 Å². The number of imidazole rings is 1. The summed E-state index contributed by atoms with van der Waals surface area (Å²) in [5.74, 6) is 1.27. The number of hydrogen-bond donors (Lipinski definition) is 2. The maximum Gasteiger partial charge on any atom is 0.253 e. The van der Waals surface area contributed by atoms with Crippen LogP contribution in [-0.4, -0.2) is 63.0 Å². The first kappa shape index (κ1) is 24.5. The molecule has 3 heterocycles. The van der Waals surface area contributed by atoms with Crippen LogP contribution >= 0.6 is 0 Å². The Morgan fingerprint density at radius 2 is 1.49 bits per heavy atom. The number of carbonyl (C=O) groups is 2. The number of amides is 2. The SMILES string of the molecule is NC1(C(=O)N2CCN(C(=O)c3ccc(C4CC5(CCCCCCCC5)c5nccn5N4)cc3)CC2)CC1. The Hall–Kier alpha value is -2.87. The molecule has 2 aromatic rings. The highest BCUT2D eigenvalue weighted by atomic mass is 16.2. The Morgan fingerprint density at radius 1 is 0.865 bits per heavy atom. The van der Waals surface area contributed by atoms with Crippen molar-refractivity contribution in [1.82, 2.24) is 19.5 Å². The van der Waals surface area contributed by atoms with Gasteiger partial charge in [0.1, 0.15) is 5.82 Å². The normalized spacial score (nSPS) is 24.8. The molecule has 198 valence electrons. The smallest absolute Gasteiger partial charge is 0.253 e. The molecule has 3 N–H and O–H groups in total. The molecule has 2 amide bonds. The third-order valence-electron chi connectivity index (χ3n) is 9.19. The van der Waals surface area contributed by atoms with E-state index in [-0.39, 0.29) is 23.3 Å². The number of aromatic nitrogens is 2. The number of benzene rings is 1. The summed E-state index contributed by atoms with van der Waals surface area (Å²) in [5, 5.41) is 0. The van der Waals surface area contributed by atoms with Gasteiger partial charge in [-0.3, -0.25) is 14.3 Å². The van der Waals surface area contributed by atoms with E-state index in [1.807, 2.05) is 34.3 Å². The Morgan fingerprint density at radius 3 is 2.14 bits per heavy atom. The molecule has 1 aromatic heterocycles. The molecular weight excluding hydrogens is 464 g/mol. The molecule has 37 heavy (non-hydrogen) atoms. The molecule has 4 aliphatic rings. The lowest BCUT2D eigenvalue weighted by atomic mass is 9.71. The van der Waals surface area contributed by atoms with Crippen LogP contribution in [0.25, 0.3) is 0 Å². The number of piperazine rings is 1. The van der Waals surface area contributed by atoms with Gasteiger partial charge in [-0.1, -0.05) is 50.7 Å². The molecule has 3 fully saturated rings. The van der Waals surface area contributed by atoms with E-state index in [0.29, 0.717) is 31.7 Å². The van der Waals surface area contributed by atoms with E-state index < -0.39 is 5.54 Å². The minimum Gasteiger partial charge on any atom is -0.338 e. The molecule has 2 aliphatic carbocycles. The summed E-state index contributed by atoms with van der Waals surface area (Å²) in [5.41, 5.74) is 11.1. The zero-order valence-corrected chi connectivity index (χ0v) is 21.8. The van der Waals surface area contributed by atoms with E-state index >= 15 is 0 Å². The van der Waals surface area contributed by atoms with Crippen LogP contribution in [0.15, 0.2) is 36.7 Å². The van der Waals surface area contributed by atoms with Gasteiger partial charge in [-0.25, -0.2) is 4.98 Å². The molecule has 1 aromatic carbocycles. The second-order valence-electron chi connectivity index (χ2n) is 11.8. The van der Waals surface area contributed by atoms with Crippen LogP contribution in [0.3, 0.4) is 0 Å². The largest absolute Gasteiger partial charge is 0.338 e.